The predicted molar refractivity (Wildman–Crippen MR) is 172 cm³/mol. The van der Waals surface area contributed by atoms with Gasteiger partial charge < -0.3 is 44.4 Å². The molecule has 3 N–H and O–H groups in total. The second-order valence-corrected chi connectivity index (χ2v) is 10.3. The lowest BCUT2D eigenvalue weighted by Crippen LogP contribution is -2.33. The third kappa shape index (κ3) is 10.7. The molecule has 0 spiro atoms. The maximum atomic E-state index is 9.45. The first kappa shape index (κ1) is 35.7. The van der Waals surface area contributed by atoms with Crippen molar-refractivity contribution in [2.75, 3.05) is 76.2 Å². The van der Waals surface area contributed by atoms with Crippen molar-refractivity contribution in [1.82, 2.24) is 9.97 Å². The zero-order valence-electron chi connectivity index (χ0n) is 25.8. The molecule has 3 atom stereocenters. The Morgan fingerprint density at radius 3 is 2.39 bits per heavy atom. The number of aryl methyl sites for hydroxylation is 1. The van der Waals surface area contributed by atoms with Crippen molar-refractivity contribution >= 4 is 29.5 Å². The van der Waals surface area contributed by atoms with E-state index in [0.29, 0.717) is 76.4 Å². The molecule has 2 aromatic rings. The Labute approximate surface area is 266 Å². The van der Waals surface area contributed by atoms with Gasteiger partial charge in [0.05, 0.1) is 70.6 Å². The Morgan fingerprint density at radius 1 is 1.05 bits per heavy atom. The van der Waals surface area contributed by atoms with Crippen molar-refractivity contribution in [3.8, 4) is 12.3 Å². The summed E-state index contributed by atoms with van der Waals surface area (Å²) in [4.78, 5) is 11.2. The molecule has 0 amide bonds. The van der Waals surface area contributed by atoms with Crippen LogP contribution >= 0.6 is 11.6 Å². The van der Waals surface area contributed by atoms with Gasteiger partial charge in [0.1, 0.15) is 24.5 Å². The standard InChI is InChI=1S/C30H40ClN5O6.C2H6/c1-2-12-38-14-16-40-18-19-41-17-15-39-13-11-36(26-9-7-22-5-3-4-6-24(22)26)29-25(20-32)28(34-30(31)35-29)33-27-10-8-23(21-37)42-27;1-2/h1,3-6,20,23,26-27,32,37H,7-19,21H2,(H,33,34,35);1-2H3. The average Bonchev–Trinajstić information content (AvgIpc) is 3.69. The van der Waals surface area contributed by atoms with Gasteiger partial charge in [-0.05, 0) is 48.4 Å². The molecule has 1 aliphatic carbocycles. The van der Waals surface area contributed by atoms with Crippen LogP contribution in [0.3, 0.4) is 0 Å². The fourth-order valence-electron chi connectivity index (χ4n) is 5.21. The van der Waals surface area contributed by atoms with Gasteiger partial charge in [-0.15, -0.1) is 6.42 Å². The lowest BCUT2D eigenvalue weighted by Gasteiger charge is -2.32. The summed E-state index contributed by atoms with van der Waals surface area (Å²) in [6, 6.07) is 8.44. The van der Waals surface area contributed by atoms with Crippen LogP contribution in [0.4, 0.5) is 11.6 Å². The quantitative estimate of drug-likeness (QED) is 0.0895. The number of benzene rings is 1. The van der Waals surface area contributed by atoms with E-state index in [1.54, 1.807) is 0 Å². The molecule has 242 valence electrons. The minimum Gasteiger partial charge on any atom is -0.394 e. The normalized spacial score (nSPS) is 18.7. The van der Waals surface area contributed by atoms with Crippen LogP contribution in [0.2, 0.25) is 5.28 Å². The van der Waals surface area contributed by atoms with E-state index in [9.17, 15) is 5.11 Å². The number of aliphatic hydroxyl groups excluding tert-OH is 1. The molecule has 1 aromatic carbocycles. The zero-order chi connectivity index (χ0) is 31.6. The summed E-state index contributed by atoms with van der Waals surface area (Å²) in [7, 11) is 0. The summed E-state index contributed by atoms with van der Waals surface area (Å²) in [5.74, 6) is 3.40. The van der Waals surface area contributed by atoms with Crippen molar-refractivity contribution in [1.29, 1.82) is 5.41 Å². The Balaban J connectivity index is 0.00000259. The summed E-state index contributed by atoms with van der Waals surface area (Å²) < 4.78 is 28.0. The molecule has 44 heavy (non-hydrogen) atoms. The van der Waals surface area contributed by atoms with E-state index in [0.717, 1.165) is 19.3 Å². The largest absolute Gasteiger partial charge is 0.394 e. The van der Waals surface area contributed by atoms with Crippen LogP contribution in [0.1, 0.15) is 55.8 Å². The smallest absolute Gasteiger partial charge is 0.226 e. The summed E-state index contributed by atoms with van der Waals surface area (Å²) in [5.41, 5.74) is 3.06. The molecule has 1 fully saturated rings. The van der Waals surface area contributed by atoms with Crippen LogP contribution in [-0.4, -0.2) is 99.6 Å². The van der Waals surface area contributed by atoms with Gasteiger partial charge in [0.15, 0.2) is 0 Å². The van der Waals surface area contributed by atoms with E-state index in [-0.39, 0.29) is 36.9 Å². The second kappa shape index (κ2) is 20.3. The van der Waals surface area contributed by atoms with Gasteiger partial charge in [-0.1, -0.05) is 44.0 Å². The number of terminal acetylenes is 1. The summed E-state index contributed by atoms with van der Waals surface area (Å²) in [6.45, 7) is 7.94. The first-order chi connectivity index (χ1) is 21.6. The number of hydrogen-bond acceptors (Lipinski definition) is 11. The Kier molecular flexibility index (Phi) is 16.4. The molecule has 3 unspecified atom stereocenters. The number of aliphatic hydroxyl groups is 1. The maximum absolute atomic E-state index is 9.45. The van der Waals surface area contributed by atoms with Crippen molar-refractivity contribution < 1.29 is 28.8 Å². The predicted octanol–water partition coefficient (Wildman–Crippen LogP) is 4.26. The Bertz CT molecular complexity index is 1180. The van der Waals surface area contributed by atoms with Gasteiger partial charge in [0.25, 0.3) is 0 Å². The van der Waals surface area contributed by atoms with E-state index < -0.39 is 0 Å². The number of anilines is 2. The van der Waals surface area contributed by atoms with E-state index >= 15 is 0 Å². The molecule has 2 heterocycles. The van der Waals surface area contributed by atoms with Crippen LogP contribution in [-0.2, 0) is 30.1 Å². The Hall–Kier alpha value is -2.82. The maximum Gasteiger partial charge on any atom is 0.226 e. The monoisotopic (exact) mass is 631 g/mol. The van der Waals surface area contributed by atoms with Crippen LogP contribution in [0.15, 0.2) is 24.3 Å². The number of hydrogen-bond donors (Lipinski definition) is 3. The number of fused-ring (bicyclic) bond motifs is 1. The first-order valence-corrected chi connectivity index (χ1v) is 15.7. The van der Waals surface area contributed by atoms with Crippen molar-refractivity contribution in [2.45, 2.75) is 57.9 Å². The van der Waals surface area contributed by atoms with Gasteiger partial charge in [0.2, 0.25) is 5.28 Å². The minimum atomic E-state index is -0.337. The van der Waals surface area contributed by atoms with Gasteiger partial charge in [-0.25, -0.2) is 0 Å². The van der Waals surface area contributed by atoms with E-state index in [4.69, 9.17) is 47.1 Å². The molecule has 0 radical (unpaired) electrons. The first-order valence-electron chi connectivity index (χ1n) is 15.3. The van der Waals surface area contributed by atoms with Gasteiger partial charge in [-0.2, -0.15) is 9.97 Å². The highest BCUT2D eigenvalue weighted by molar-refractivity contribution is 6.28. The lowest BCUT2D eigenvalue weighted by atomic mass is 10.1. The molecule has 0 bridgehead atoms. The molecule has 12 heteroatoms. The molecule has 1 aromatic heterocycles. The van der Waals surface area contributed by atoms with Crippen LogP contribution < -0.4 is 10.2 Å². The van der Waals surface area contributed by atoms with Crippen molar-refractivity contribution in [3.63, 3.8) is 0 Å². The highest BCUT2D eigenvalue weighted by Gasteiger charge is 2.32. The number of halogens is 1. The number of rotatable bonds is 19. The molecule has 11 nitrogen and oxygen atoms in total. The molecular weight excluding hydrogens is 586 g/mol. The van der Waals surface area contributed by atoms with Crippen molar-refractivity contribution in [3.05, 3.63) is 46.2 Å². The van der Waals surface area contributed by atoms with Crippen LogP contribution in [0.25, 0.3) is 0 Å². The van der Waals surface area contributed by atoms with Gasteiger partial charge >= 0.3 is 0 Å². The topological polar surface area (TPSA) is 131 Å². The second-order valence-electron chi connectivity index (χ2n) is 9.91. The lowest BCUT2D eigenvalue weighted by molar-refractivity contribution is 0.00201. The number of nitrogens with zero attached hydrogens (tertiary/aromatic N) is 3. The highest BCUT2D eigenvalue weighted by Crippen LogP contribution is 2.39. The molecular formula is C32H46ClN5O6. The van der Waals surface area contributed by atoms with Gasteiger partial charge in [0, 0.05) is 12.8 Å². The summed E-state index contributed by atoms with van der Waals surface area (Å²) >= 11 is 6.44. The zero-order valence-corrected chi connectivity index (χ0v) is 26.6. The van der Waals surface area contributed by atoms with E-state index in [2.05, 4.69) is 44.3 Å². The third-order valence-corrected chi connectivity index (χ3v) is 7.35. The van der Waals surface area contributed by atoms with Crippen molar-refractivity contribution in [2.24, 2.45) is 0 Å². The number of nitrogens with one attached hydrogen (secondary N) is 2. The molecule has 0 saturated carbocycles. The highest BCUT2D eigenvalue weighted by atomic mass is 35.5. The molecule has 1 saturated heterocycles. The minimum absolute atomic E-state index is 0.0395. The summed E-state index contributed by atoms with van der Waals surface area (Å²) in [5, 5.41) is 21.1. The van der Waals surface area contributed by atoms with Gasteiger partial charge in [-0.3, -0.25) is 0 Å². The molecule has 1 aliphatic heterocycles. The van der Waals surface area contributed by atoms with E-state index in [1.165, 1.54) is 17.3 Å². The fourth-order valence-corrected chi connectivity index (χ4v) is 5.38. The van der Waals surface area contributed by atoms with Crippen LogP contribution in [0.5, 0.6) is 0 Å². The molecule has 2 aliphatic rings. The fraction of sp³-hybridized carbons (Fsp3) is 0.594. The number of ether oxygens (including phenoxy) is 5. The van der Waals surface area contributed by atoms with Crippen LogP contribution in [0, 0.1) is 17.8 Å². The number of aromatic nitrogens is 2. The average molecular weight is 632 g/mol. The molecule has 4 rings (SSSR count). The van der Waals surface area contributed by atoms with E-state index in [1.807, 2.05) is 19.9 Å². The third-order valence-electron chi connectivity index (χ3n) is 7.18. The summed E-state index contributed by atoms with van der Waals surface area (Å²) in [6.07, 6.45) is 9.13. The Morgan fingerprint density at radius 2 is 1.73 bits per heavy atom. The SMILES string of the molecule is C#CCOCCOCCOCCOCCN(c1nc(Cl)nc(NC2CCC(CO)O2)c1C=N)C1CCc2ccccc21.CC.